The van der Waals surface area contributed by atoms with Gasteiger partial charge < -0.3 is 0 Å². The van der Waals surface area contributed by atoms with Gasteiger partial charge in [0.1, 0.15) is 11.8 Å². The van der Waals surface area contributed by atoms with Gasteiger partial charge in [-0.1, -0.05) is 24.3 Å². The van der Waals surface area contributed by atoms with E-state index in [1.165, 1.54) is 23.1 Å². The Kier molecular flexibility index (Phi) is 4.88. The van der Waals surface area contributed by atoms with E-state index in [2.05, 4.69) is 16.2 Å². The number of anilines is 2. The van der Waals surface area contributed by atoms with Crippen molar-refractivity contribution in [2.75, 3.05) is 16.5 Å². The molecule has 2 aromatic carbocycles. The van der Waals surface area contributed by atoms with Gasteiger partial charge in [-0.2, -0.15) is 15.4 Å². The zero-order chi connectivity index (χ0) is 21.1. The summed E-state index contributed by atoms with van der Waals surface area (Å²) in [7, 11) is 0. The van der Waals surface area contributed by atoms with Crippen LogP contribution in [0, 0.1) is 21.4 Å². The number of non-ortho nitro benzene ring substituents is 1. The van der Waals surface area contributed by atoms with Crippen LogP contribution in [0.3, 0.4) is 0 Å². The topological polar surface area (TPSA) is 116 Å². The zero-order valence-electron chi connectivity index (χ0n) is 15.5. The summed E-state index contributed by atoms with van der Waals surface area (Å²) < 4.78 is 0. The summed E-state index contributed by atoms with van der Waals surface area (Å²) >= 11 is 0. The number of nitriles is 1. The first-order chi connectivity index (χ1) is 14.6. The number of carbonyl (C=O) groups is 1. The van der Waals surface area contributed by atoms with Gasteiger partial charge in [0.05, 0.1) is 34.1 Å². The van der Waals surface area contributed by atoms with Crippen molar-refractivity contribution in [2.45, 2.75) is 0 Å². The molecule has 0 saturated carbocycles. The number of para-hydroxylation sites is 1. The Morgan fingerprint density at radius 1 is 1.07 bits per heavy atom. The lowest BCUT2D eigenvalue weighted by molar-refractivity contribution is -0.384. The molecule has 0 radical (unpaired) electrons. The van der Waals surface area contributed by atoms with Crippen molar-refractivity contribution in [3.05, 3.63) is 94.3 Å². The zero-order valence-corrected chi connectivity index (χ0v) is 15.5. The van der Waals surface area contributed by atoms with Crippen LogP contribution in [-0.2, 0) is 0 Å². The van der Waals surface area contributed by atoms with Crippen molar-refractivity contribution < 1.29 is 9.72 Å². The highest BCUT2D eigenvalue weighted by molar-refractivity contribution is 6.15. The van der Waals surface area contributed by atoms with E-state index in [9.17, 15) is 20.2 Å². The third-order valence-electron chi connectivity index (χ3n) is 4.51. The number of aromatic nitrogens is 1. The Labute approximate surface area is 171 Å². The summed E-state index contributed by atoms with van der Waals surface area (Å²) in [5, 5.41) is 26.2. The quantitative estimate of drug-likeness (QED) is 0.491. The van der Waals surface area contributed by atoms with Crippen LogP contribution >= 0.6 is 0 Å². The molecule has 0 fully saturated rings. The van der Waals surface area contributed by atoms with Crippen LogP contribution in [0.4, 0.5) is 21.9 Å². The van der Waals surface area contributed by atoms with Crippen LogP contribution in [-0.4, -0.2) is 28.2 Å². The maximum Gasteiger partial charge on any atom is 0.350 e. The van der Waals surface area contributed by atoms with E-state index in [-0.39, 0.29) is 17.8 Å². The second kappa shape index (κ2) is 7.81. The van der Waals surface area contributed by atoms with E-state index in [1.807, 2.05) is 0 Å². The number of hydrogen-bond donors (Lipinski definition) is 0. The molecule has 0 atom stereocenters. The molecule has 4 rings (SSSR count). The molecule has 0 bridgehead atoms. The lowest BCUT2D eigenvalue weighted by atomic mass is 10.1. The fourth-order valence-electron chi connectivity index (χ4n) is 3.08. The number of benzene rings is 2. The van der Waals surface area contributed by atoms with E-state index in [0.717, 1.165) is 5.01 Å². The van der Waals surface area contributed by atoms with Gasteiger partial charge >= 0.3 is 6.03 Å². The number of hydrazone groups is 1. The predicted molar refractivity (Wildman–Crippen MR) is 110 cm³/mol. The highest BCUT2D eigenvalue weighted by Crippen LogP contribution is 2.29. The molecule has 0 N–H and O–H groups in total. The molecule has 9 nitrogen and oxygen atoms in total. The van der Waals surface area contributed by atoms with Crippen molar-refractivity contribution in [3.63, 3.8) is 0 Å². The Morgan fingerprint density at radius 3 is 2.60 bits per heavy atom. The first-order valence-corrected chi connectivity index (χ1v) is 8.92. The lowest BCUT2D eigenvalue weighted by Gasteiger charge is -2.33. The number of carbonyl (C=O) groups excluding carboxylic acids is 1. The van der Waals surface area contributed by atoms with Crippen LogP contribution in [0.2, 0.25) is 0 Å². The largest absolute Gasteiger partial charge is 0.350 e. The van der Waals surface area contributed by atoms with Crippen molar-refractivity contribution in [3.8, 4) is 6.07 Å². The van der Waals surface area contributed by atoms with Gasteiger partial charge in [-0.05, 0) is 30.3 Å². The molecule has 2 amide bonds. The molecule has 9 heteroatoms. The molecule has 3 aromatic rings. The maximum absolute atomic E-state index is 13.3. The Hall–Kier alpha value is -4.58. The van der Waals surface area contributed by atoms with Crippen LogP contribution in [0.25, 0.3) is 0 Å². The molecule has 0 saturated heterocycles. The smallest absolute Gasteiger partial charge is 0.286 e. The molecule has 2 heterocycles. The molecule has 1 aliphatic rings. The van der Waals surface area contributed by atoms with Gasteiger partial charge in [0.2, 0.25) is 0 Å². The van der Waals surface area contributed by atoms with E-state index < -0.39 is 11.0 Å². The summed E-state index contributed by atoms with van der Waals surface area (Å²) in [6.45, 7) is 0.0717. The third kappa shape index (κ3) is 3.45. The van der Waals surface area contributed by atoms with Gasteiger partial charge in [-0.3, -0.25) is 20.0 Å². The second-order valence-corrected chi connectivity index (χ2v) is 6.35. The normalized spacial score (nSPS) is 13.6. The van der Waals surface area contributed by atoms with Gasteiger partial charge in [-0.25, -0.2) is 4.79 Å². The SMILES string of the molecule is N#Cc1ccccc1N1N=C(c2ccccn2)CN(c2cccc([N+](=O)[O-])c2)C1=O. The van der Waals surface area contributed by atoms with Crippen LogP contribution in [0.5, 0.6) is 0 Å². The van der Waals surface area contributed by atoms with E-state index in [0.29, 0.717) is 22.8 Å². The van der Waals surface area contributed by atoms with Crippen molar-refractivity contribution >= 4 is 28.8 Å². The third-order valence-corrected chi connectivity index (χ3v) is 4.51. The first kappa shape index (κ1) is 18.8. The van der Waals surface area contributed by atoms with Crippen LogP contribution in [0.15, 0.2) is 78.0 Å². The van der Waals surface area contributed by atoms with Gasteiger partial charge in [0.25, 0.3) is 5.69 Å². The number of nitro benzene ring substituents is 1. The average Bonchev–Trinajstić information content (AvgIpc) is 2.80. The number of urea groups is 1. The standard InChI is InChI=1S/C21H14N6O3/c22-13-15-6-1-2-10-20(15)26-21(28)25(16-7-5-8-17(12-16)27(29)30)14-19(24-26)18-9-3-4-11-23-18/h1-12H,14H2. The minimum atomic E-state index is -0.530. The first-order valence-electron chi connectivity index (χ1n) is 8.92. The molecular weight excluding hydrogens is 384 g/mol. The van der Waals surface area contributed by atoms with Crippen molar-refractivity contribution in [1.29, 1.82) is 5.26 Å². The Bertz CT molecular complexity index is 1200. The molecule has 0 unspecified atom stereocenters. The van der Waals surface area contributed by atoms with E-state index in [4.69, 9.17) is 0 Å². The summed E-state index contributed by atoms with van der Waals surface area (Å²) in [4.78, 5) is 29.6. The molecule has 1 aromatic heterocycles. The minimum Gasteiger partial charge on any atom is -0.286 e. The van der Waals surface area contributed by atoms with Crippen LogP contribution < -0.4 is 9.91 Å². The molecule has 30 heavy (non-hydrogen) atoms. The van der Waals surface area contributed by atoms with Gasteiger partial charge in [-0.15, -0.1) is 0 Å². The van der Waals surface area contributed by atoms with Gasteiger partial charge in [0.15, 0.2) is 0 Å². The molecule has 0 spiro atoms. The molecule has 1 aliphatic heterocycles. The monoisotopic (exact) mass is 398 g/mol. The summed E-state index contributed by atoms with van der Waals surface area (Å²) in [5.74, 6) is 0. The highest BCUT2D eigenvalue weighted by Gasteiger charge is 2.32. The summed E-state index contributed by atoms with van der Waals surface area (Å²) in [5.41, 5.74) is 1.84. The number of nitrogens with zero attached hydrogens (tertiary/aromatic N) is 6. The fraction of sp³-hybridized carbons (Fsp3) is 0.0476. The lowest BCUT2D eigenvalue weighted by Crippen LogP contribution is -2.49. The average molecular weight is 398 g/mol. The molecule has 146 valence electrons. The Morgan fingerprint density at radius 2 is 1.87 bits per heavy atom. The summed E-state index contributed by atoms with van der Waals surface area (Å²) in [6, 6.07) is 19.3. The highest BCUT2D eigenvalue weighted by atomic mass is 16.6. The van der Waals surface area contributed by atoms with Crippen LogP contribution in [0.1, 0.15) is 11.3 Å². The summed E-state index contributed by atoms with van der Waals surface area (Å²) in [6.07, 6.45) is 1.61. The number of rotatable bonds is 4. The second-order valence-electron chi connectivity index (χ2n) is 6.35. The number of amides is 2. The van der Waals surface area contributed by atoms with E-state index in [1.54, 1.807) is 54.7 Å². The molecule has 0 aliphatic carbocycles. The predicted octanol–water partition coefficient (Wildman–Crippen LogP) is 3.71. The van der Waals surface area contributed by atoms with Gasteiger partial charge in [0, 0.05) is 18.3 Å². The minimum absolute atomic E-state index is 0.0717. The Balaban J connectivity index is 1.85. The maximum atomic E-state index is 13.3. The number of nitro groups is 1. The number of hydrogen-bond acceptors (Lipinski definition) is 6. The van der Waals surface area contributed by atoms with Crippen molar-refractivity contribution in [1.82, 2.24) is 4.98 Å². The van der Waals surface area contributed by atoms with Crippen molar-refractivity contribution in [2.24, 2.45) is 5.10 Å². The number of pyridine rings is 1. The fourth-order valence-corrected chi connectivity index (χ4v) is 3.08. The molecular formula is C21H14N6O3. The van der Waals surface area contributed by atoms with E-state index >= 15 is 0 Å².